The minimum Gasteiger partial charge on any atom is -0.364 e. The van der Waals surface area contributed by atoms with Gasteiger partial charge < -0.3 is 15.4 Å². The summed E-state index contributed by atoms with van der Waals surface area (Å²) in [5, 5.41) is 5.05. The summed E-state index contributed by atoms with van der Waals surface area (Å²) >= 11 is 10.7. The zero-order valence-corrected chi connectivity index (χ0v) is 16.1. The van der Waals surface area contributed by atoms with Crippen molar-refractivity contribution in [3.8, 4) is 0 Å². The second kappa shape index (κ2) is 7.91. The fourth-order valence-electron chi connectivity index (χ4n) is 2.18. The number of hydrogen-bond acceptors (Lipinski definition) is 5. The van der Waals surface area contributed by atoms with Crippen LogP contribution in [0, 0.1) is 6.92 Å². The van der Waals surface area contributed by atoms with Gasteiger partial charge in [-0.1, -0.05) is 11.6 Å². The smallest absolute Gasteiger partial charge is 0.364 e. The van der Waals surface area contributed by atoms with Crippen molar-refractivity contribution in [1.29, 1.82) is 0 Å². The third-order valence-electron chi connectivity index (χ3n) is 3.61. The number of ether oxygens (including phenoxy) is 1. The molecule has 0 radical (unpaired) electrons. The van der Waals surface area contributed by atoms with Crippen LogP contribution in [0.15, 0.2) is 24.5 Å². The largest absolute Gasteiger partial charge is 0.433 e. The molecule has 2 N–H and O–H groups in total. The number of aromatic nitrogens is 2. The first-order valence-electron chi connectivity index (χ1n) is 7.50. The highest BCUT2D eigenvalue weighted by Crippen LogP contribution is 2.40. The lowest BCUT2D eigenvalue weighted by Crippen LogP contribution is -2.25. The number of methoxy groups -OCH3 is 1. The second-order valence-corrected chi connectivity index (χ2v) is 6.87. The van der Waals surface area contributed by atoms with Crippen molar-refractivity contribution < 1.29 is 22.7 Å². The number of urea groups is 1. The number of anilines is 2. The number of nitrogens with one attached hydrogen (secondary N) is 2. The number of halogens is 4. The molecule has 11 heteroatoms. The maximum atomic E-state index is 12.7. The molecule has 0 saturated carbocycles. The molecule has 146 valence electrons. The third-order valence-corrected chi connectivity index (χ3v) is 4.48. The molecule has 2 aromatic rings. The Labute approximate surface area is 163 Å². The number of rotatable bonds is 4. The van der Waals surface area contributed by atoms with Crippen molar-refractivity contribution in [2.45, 2.75) is 25.0 Å². The molecular formula is C16H16ClF3N4O2S. The SMILES string of the molecule is COC(C)(S)c1c(NC(=O)Nc2ccnc(C(F)(F)F)c2)cnc(C)c1Cl. The molecule has 0 saturated heterocycles. The summed E-state index contributed by atoms with van der Waals surface area (Å²) in [7, 11) is 1.42. The summed E-state index contributed by atoms with van der Waals surface area (Å²) in [6, 6.07) is 1.16. The molecule has 0 aromatic carbocycles. The Morgan fingerprint density at radius 2 is 1.96 bits per heavy atom. The minimum atomic E-state index is -4.62. The first-order chi connectivity index (χ1) is 12.5. The number of pyridine rings is 2. The van der Waals surface area contributed by atoms with Gasteiger partial charge in [0.05, 0.1) is 22.6 Å². The molecule has 27 heavy (non-hydrogen) atoms. The first kappa shape index (κ1) is 21.3. The van der Waals surface area contributed by atoms with E-state index in [4.69, 9.17) is 16.3 Å². The van der Waals surface area contributed by atoms with Gasteiger partial charge in [-0.25, -0.2) is 4.79 Å². The summed E-state index contributed by atoms with van der Waals surface area (Å²) in [4.78, 5) is 18.4. The highest BCUT2D eigenvalue weighted by molar-refractivity contribution is 7.81. The van der Waals surface area contributed by atoms with Gasteiger partial charge in [-0.3, -0.25) is 9.97 Å². The zero-order valence-electron chi connectivity index (χ0n) is 14.5. The number of aryl methyl sites for hydroxylation is 1. The number of hydrogen-bond donors (Lipinski definition) is 3. The monoisotopic (exact) mass is 420 g/mol. The Kier molecular flexibility index (Phi) is 6.23. The number of carbonyl (C=O) groups is 1. The fraction of sp³-hybridized carbons (Fsp3) is 0.312. The molecule has 0 spiro atoms. The lowest BCUT2D eigenvalue weighted by Gasteiger charge is -2.26. The average Bonchev–Trinajstić information content (AvgIpc) is 2.57. The topological polar surface area (TPSA) is 76.1 Å². The highest BCUT2D eigenvalue weighted by Gasteiger charge is 2.33. The normalized spacial score (nSPS) is 13.8. The molecule has 0 aliphatic carbocycles. The zero-order chi connectivity index (χ0) is 20.4. The predicted octanol–water partition coefficient (Wildman–Crippen LogP) is 4.85. The molecule has 6 nitrogen and oxygen atoms in total. The number of amides is 2. The van der Waals surface area contributed by atoms with Gasteiger partial charge in [0, 0.05) is 24.6 Å². The fourth-order valence-corrected chi connectivity index (χ4v) is 2.81. The molecule has 2 heterocycles. The Hall–Kier alpha value is -2.04. The summed E-state index contributed by atoms with van der Waals surface area (Å²) in [5.74, 6) is 0. The van der Waals surface area contributed by atoms with Gasteiger partial charge in [0.25, 0.3) is 0 Å². The van der Waals surface area contributed by atoms with Crippen LogP contribution in [0.1, 0.15) is 23.9 Å². The summed E-state index contributed by atoms with van der Waals surface area (Å²) in [5.41, 5.74) is -0.138. The quantitative estimate of drug-likeness (QED) is 0.488. The van der Waals surface area contributed by atoms with Gasteiger partial charge in [0.15, 0.2) is 0 Å². The number of thiol groups is 1. The van der Waals surface area contributed by atoms with Crippen LogP contribution in [0.3, 0.4) is 0 Å². The molecule has 0 fully saturated rings. The van der Waals surface area contributed by atoms with E-state index in [9.17, 15) is 18.0 Å². The van der Waals surface area contributed by atoms with Crippen LogP contribution in [0.2, 0.25) is 5.02 Å². The van der Waals surface area contributed by atoms with Gasteiger partial charge >= 0.3 is 12.2 Å². The van der Waals surface area contributed by atoms with Crippen molar-refractivity contribution >= 4 is 41.6 Å². The molecule has 0 aliphatic heterocycles. The van der Waals surface area contributed by atoms with Crippen molar-refractivity contribution in [2.24, 2.45) is 0 Å². The molecule has 0 bridgehead atoms. The van der Waals surface area contributed by atoms with Crippen LogP contribution < -0.4 is 10.6 Å². The van der Waals surface area contributed by atoms with Gasteiger partial charge in [0.1, 0.15) is 10.6 Å². The Balaban J connectivity index is 2.28. The van der Waals surface area contributed by atoms with E-state index < -0.39 is 22.8 Å². The van der Waals surface area contributed by atoms with E-state index in [2.05, 4.69) is 33.2 Å². The van der Waals surface area contributed by atoms with Crippen LogP contribution in [-0.2, 0) is 15.8 Å². The van der Waals surface area contributed by atoms with E-state index in [-0.39, 0.29) is 16.4 Å². The van der Waals surface area contributed by atoms with E-state index in [1.807, 2.05) is 0 Å². The minimum absolute atomic E-state index is 0.0806. The molecule has 2 amide bonds. The molecular weight excluding hydrogens is 405 g/mol. The van der Waals surface area contributed by atoms with Crippen molar-refractivity contribution in [1.82, 2.24) is 9.97 Å². The van der Waals surface area contributed by atoms with Gasteiger partial charge in [-0.05, 0) is 26.0 Å². The molecule has 0 aliphatic rings. The maximum absolute atomic E-state index is 12.7. The van der Waals surface area contributed by atoms with Crippen LogP contribution in [-0.4, -0.2) is 23.1 Å². The van der Waals surface area contributed by atoms with Crippen LogP contribution in [0.5, 0.6) is 0 Å². The number of carbonyl (C=O) groups excluding carboxylic acids is 1. The van der Waals surface area contributed by atoms with E-state index in [0.29, 0.717) is 11.3 Å². The summed E-state index contributed by atoms with van der Waals surface area (Å²) in [6.07, 6.45) is -2.32. The Bertz CT molecular complexity index is 862. The standard InChI is InChI=1S/C16H16ClF3N4O2S/c1-8-13(17)12(15(2,27)26-3)10(7-22-8)24-14(25)23-9-4-5-21-11(6-9)16(18,19)20/h4-7,27H,1-3H3,(H2,21,23,24,25). The van der Waals surface area contributed by atoms with Gasteiger partial charge in [0.2, 0.25) is 0 Å². The Morgan fingerprint density at radius 3 is 2.56 bits per heavy atom. The lowest BCUT2D eigenvalue weighted by molar-refractivity contribution is -0.141. The predicted molar refractivity (Wildman–Crippen MR) is 99.2 cm³/mol. The third kappa shape index (κ3) is 5.02. The first-order valence-corrected chi connectivity index (χ1v) is 8.32. The summed E-state index contributed by atoms with van der Waals surface area (Å²) in [6.45, 7) is 3.29. The van der Waals surface area contributed by atoms with E-state index in [1.165, 1.54) is 19.4 Å². The Morgan fingerprint density at radius 1 is 1.30 bits per heavy atom. The van der Waals surface area contributed by atoms with Crippen LogP contribution in [0.4, 0.5) is 29.3 Å². The van der Waals surface area contributed by atoms with Crippen LogP contribution in [0.25, 0.3) is 0 Å². The lowest BCUT2D eigenvalue weighted by atomic mass is 10.1. The van der Waals surface area contributed by atoms with Crippen LogP contribution >= 0.6 is 24.2 Å². The van der Waals surface area contributed by atoms with E-state index in [0.717, 1.165) is 12.3 Å². The number of alkyl halides is 3. The molecule has 2 aromatic heterocycles. The highest BCUT2D eigenvalue weighted by atomic mass is 35.5. The van der Waals surface area contributed by atoms with Gasteiger partial charge in [-0.15, -0.1) is 12.6 Å². The van der Waals surface area contributed by atoms with Crippen molar-refractivity contribution in [3.05, 3.63) is 46.5 Å². The van der Waals surface area contributed by atoms with E-state index in [1.54, 1.807) is 13.8 Å². The molecule has 2 rings (SSSR count). The van der Waals surface area contributed by atoms with Gasteiger partial charge in [-0.2, -0.15) is 13.2 Å². The second-order valence-electron chi connectivity index (χ2n) is 5.64. The average molecular weight is 421 g/mol. The molecule has 1 unspecified atom stereocenters. The number of nitrogens with zero attached hydrogens (tertiary/aromatic N) is 2. The maximum Gasteiger partial charge on any atom is 0.433 e. The van der Waals surface area contributed by atoms with Crippen molar-refractivity contribution in [3.63, 3.8) is 0 Å². The summed E-state index contributed by atoms with van der Waals surface area (Å²) < 4.78 is 43.5. The van der Waals surface area contributed by atoms with Crippen molar-refractivity contribution in [2.75, 3.05) is 17.7 Å². The van der Waals surface area contributed by atoms with E-state index >= 15 is 0 Å². The molecule has 1 atom stereocenters.